The van der Waals surface area contributed by atoms with Crippen LogP contribution in [0.4, 0.5) is 0 Å². The van der Waals surface area contributed by atoms with E-state index in [-0.39, 0.29) is 16.5 Å². The summed E-state index contributed by atoms with van der Waals surface area (Å²) in [6, 6.07) is 0.325. The molecule has 0 saturated carbocycles. The van der Waals surface area contributed by atoms with Gasteiger partial charge in [0, 0.05) is 29.6 Å². The summed E-state index contributed by atoms with van der Waals surface area (Å²) in [5.74, 6) is 0.306. The van der Waals surface area contributed by atoms with Gasteiger partial charge in [-0.2, -0.15) is 0 Å². The van der Waals surface area contributed by atoms with E-state index in [1.165, 1.54) is 0 Å². The number of piperidine rings is 1. The highest BCUT2D eigenvalue weighted by Crippen LogP contribution is 2.34. The van der Waals surface area contributed by atoms with Crippen LogP contribution in [0.1, 0.15) is 74.1 Å². The molecule has 118 valence electrons. The van der Waals surface area contributed by atoms with E-state index >= 15 is 0 Å². The van der Waals surface area contributed by atoms with Crippen LogP contribution in [0.15, 0.2) is 0 Å². The van der Waals surface area contributed by atoms with Crippen LogP contribution in [-0.2, 0) is 4.79 Å². The van der Waals surface area contributed by atoms with Gasteiger partial charge in [-0.3, -0.25) is 4.79 Å². The molecule has 1 aliphatic rings. The molecule has 3 heteroatoms. The molecular formula is C17H34N2O. The fourth-order valence-electron chi connectivity index (χ4n) is 3.69. The first-order valence-electron chi connectivity index (χ1n) is 8.03. The van der Waals surface area contributed by atoms with E-state index in [9.17, 15) is 4.79 Å². The molecule has 20 heavy (non-hydrogen) atoms. The molecule has 3 nitrogen and oxygen atoms in total. The molecule has 1 amide bonds. The van der Waals surface area contributed by atoms with E-state index in [2.05, 4.69) is 53.8 Å². The van der Waals surface area contributed by atoms with Gasteiger partial charge in [-0.05, 0) is 53.4 Å². The highest BCUT2D eigenvalue weighted by molar-refractivity contribution is 5.82. The predicted molar refractivity (Wildman–Crippen MR) is 85.8 cm³/mol. The van der Waals surface area contributed by atoms with Gasteiger partial charge in [0.05, 0.1) is 0 Å². The number of hydrogen-bond acceptors (Lipinski definition) is 2. The Kier molecular flexibility index (Phi) is 4.95. The highest BCUT2D eigenvalue weighted by atomic mass is 16.2. The Morgan fingerprint density at radius 1 is 1.15 bits per heavy atom. The van der Waals surface area contributed by atoms with Crippen LogP contribution in [0.3, 0.4) is 0 Å². The van der Waals surface area contributed by atoms with Crippen LogP contribution in [0.25, 0.3) is 0 Å². The average Bonchev–Trinajstić information content (AvgIpc) is 2.32. The van der Waals surface area contributed by atoms with Gasteiger partial charge < -0.3 is 10.2 Å². The first kappa shape index (κ1) is 17.5. The number of nitrogens with one attached hydrogen (secondary N) is 1. The Morgan fingerprint density at radius 2 is 1.55 bits per heavy atom. The Hall–Kier alpha value is -0.570. The van der Waals surface area contributed by atoms with E-state index < -0.39 is 0 Å². The first-order chi connectivity index (χ1) is 8.96. The molecule has 0 atom stereocenters. The number of nitrogens with zero attached hydrogens (tertiary/aromatic N) is 1. The van der Waals surface area contributed by atoms with Gasteiger partial charge >= 0.3 is 0 Å². The first-order valence-corrected chi connectivity index (χ1v) is 8.03. The fraction of sp³-hybridized carbons (Fsp3) is 0.941. The number of amides is 1. The molecule has 1 heterocycles. The van der Waals surface area contributed by atoms with Crippen molar-refractivity contribution >= 4 is 5.91 Å². The molecule has 0 aromatic heterocycles. The second kappa shape index (κ2) is 5.67. The van der Waals surface area contributed by atoms with Crippen LogP contribution < -0.4 is 5.32 Å². The number of rotatable bonds is 4. The Bertz CT molecular complexity index is 340. The highest BCUT2D eigenvalue weighted by Gasteiger charge is 2.42. The fourth-order valence-corrected chi connectivity index (χ4v) is 3.69. The largest absolute Gasteiger partial charge is 0.342 e. The van der Waals surface area contributed by atoms with Crippen molar-refractivity contribution in [3.05, 3.63) is 0 Å². The third kappa shape index (κ3) is 3.75. The topological polar surface area (TPSA) is 32.3 Å². The second-order valence-corrected chi connectivity index (χ2v) is 8.14. The minimum atomic E-state index is -0.214. The lowest BCUT2D eigenvalue weighted by Gasteiger charge is -2.50. The summed E-state index contributed by atoms with van der Waals surface area (Å²) in [6.45, 7) is 15.3. The monoisotopic (exact) mass is 282 g/mol. The van der Waals surface area contributed by atoms with Crippen molar-refractivity contribution in [1.29, 1.82) is 0 Å². The molecule has 1 aliphatic heterocycles. The predicted octanol–water partition coefficient (Wildman–Crippen LogP) is 3.58. The maximum Gasteiger partial charge on any atom is 0.228 e. The zero-order valence-electron chi connectivity index (χ0n) is 14.8. The number of carbonyl (C=O) groups excluding carboxylic acids is 1. The molecule has 0 aliphatic carbocycles. The number of hydrogen-bond donors (Lipinski definition) is 1. The minimum absolute atomic E-state index is 0.0792. The van der Waals surface area contributed by atoms with Crippen molar-refractivity contribution in [2.75, 3.05) is 7.05 Å². The number of carbonyl (C=O) groups is 1. The van der Waals surface area contributed by atoms with Gasteiger partial charge in [0.25, 0.3) is 0 Å². The maximum absolute atomic E-state index is 12.9. The van der Waals surface area contributed by atoms with E-state index in [0.29, 0.717) is 11.9 Å². The smallest absolute Gasteiger partial charge is 0.228 e. The lowest BCUT2D eigenvalue weighted by atomic mass is 9.77. The quantitative estimate of drug-likeness (QED) is 0.855. The van der Waals surface area contributed by atoms with Crippen molar-refractivity contribution in [2.45, 2.75) is 91.3 Å². The summed E-state index contributed by atoms with van der Waals surface area (Å²) < 4.78 is 0. The summed E-state index contributed by atoms with van der Waals surface area (Å²) in [6.07, 6.45) is 3.85. The molecule has 0 aromatic carbocycles. The molecule has 0 aromatic rings. The summed E-state index contributed by atoms with van der Waals surface area (Å²) in [5.41, 5.74) is -0.0561. The molecule has 1 fully saturated rings. The van der Waals surface area contributed by atoms with Crippen LogP contribution in [0, 0.1) is 5.41 Å². The van der Waals surface area contributed by atoms with E-state index in [1.54, 1.807) is 0 Å². The summed E-state index contributed by atoms with van der Waals surface area (Å²) in [4.78, 5) is 14.9. The molecule has 1 saturated heterocycles. The Morgan fingerprint density at radius 3 is 1.90 bits per heavy atom. The standard InChI is InChI=1S/C17H34N2O/c1-9-17(7,10-2)14(20)19(8)13-11-15(3,4)18-16(5,6)12-13/h13,18H,9-12H2,1-8H3. The molecule has 1 rings (SSSR count). The third-order valence-corrected chi connectivity index (χ3v) is 5.11. The average molecular weight is 282 g/mol. The molecule has 1 N–H and O–H groups in total. The van der Waals surface area contributed by atoms with Crippen LogP contribution in [0.5, 0.6) is 0 Å². The van der Waals surface area contributed by atoms with Gasteiger partial charge in [0.2, 0.25) is 5.91 Å². The Labute approximate surface area is 125 Å². The van der Waals surface area contributed by atoms with Crippen LogP contribution in [-0.4, -0.2) is 35.0 Å². The van der Waals surface area contributed by atoms with Gasteiger partial charge in [0.1, 0.15) is 0 Å². The lowest BCUT2D eigenvalue weighted by Crippen LogP contribution is -2.63. The van der Waals surface area contributed by atoms with Gasteiger partial charge in [-0.1, -0.05) is 20.8 Å². The van der Waals surface area contributed by atoms with Crippen molar-refractivity contribution in [3.8, 4) is 0 Å². The van der Waals surface area contributed by atoms with Gasteiger partial charge in [-0.25, -0.2) is 0 Å². The van der Waals surface area contributed by atoms with Crippen LogP contribution in [0.2, 0.25) is 0 Å². The Balaban J connectivity index is 2.91. The van der Waals surface area contributed by atoms with Crippen molar-refractivity contribution in [3.63, 3.8) is 0 Å². The molecule has 0 bridgehead atoms. The van der Waals surface area contributed by atoms with Gasteiger partial charge in [-0.15, -0.1) is 0 Å². The normalized spacial score (nSPS) is 22.6. The maximum atomic E-state index is 12.9. The van der Waals surface area contributed by atoms with Crippen molar-refractivity contribution < 1.29 is 4.79 Å². The minimum Gasteiger partial charge on any atom is -0.342 e. The van der Waals surface area contributed by atoms with Gasteiger partial charge in [0.15, 0.2) is 0 Å². The molecule has 0 unspecified atom stereocenters. The summed E-state index contributed by atoms with van der Waals surface area (Å²) >= 11 is 0. The van der Waals surface area contributed by atoms with Crippen LogP contribution >= 0.6 is 0 Å². The van der Waals surface area contributed by atoms with Crippen molar-refractivity contribution in [1.82, 2.24) is 10.2 Å². The zero-order valence-corrected chi connectivity index (χ0v) is 14.8. The molecular weight excluding hydrogens is 248 g/mol. The lowest BCUT2D eigenvalue weighted by molar-refractivity contribution is -0.144. The second-order valence-electron chi connectivity index (χ2n) is 8.14. The molecule has 0 spiro atoms. The van der Waals surface area contributed by atoms with E-state index in [1.807, 2.05) is 11.9 Å². The molecule has 0 radical (unpaired) electrons. The van der Waals surface area contributed by atoms with Crippen molar-refractivity contribution in [2.24, 2.45) is 5.41 Å². The zero-order chi connectivity index (χ0) is 15.8. The third-order valence-electron chi connectivity index (χ3n) is 5.11. The van der Waals surface area contributed by atoms with E-state index in [4.69, 9.17) is 0 Å². The summed E-state index contributed by atoms with van der Waals surface area (Å²) in [5, 5.41) is 3.68. The summed E-state index contributed by atoms with van der Waals surface area (Å²) in [7, 11) is 1.99. The van der Waals surface area contributed by atoms with E-state index in [0.717, 1.165) is 25.7 Å². The SMILES string of the molecule is CCC(C)(CC)C(=O)N(C)C1CC(C)(C)NC(C)(C)C1.